The Morgan fingerprint density at radius 2 is 1.00 bits per heavy atom. The Morgan fingerprint density at radius 1 is 0.585 bits per heavy atom. The van der Waals surface area contributed by atoms with Crippen LogP contribution in [0.25, 0.3) is 0 Å². The number of allylic oxidation sites excluding steroid dienone is 4. The van der Waals surface area contributed by atoms with Crippen LogP contribution in [0.15, 0.2) is 24.3 Å². The Kier molecular flexibility index (Phi) is 32.5. The van der Waals surface area contributed by atoms with Crippen molar-refractivity contribution in [2.24, 2.45) is 0 Å². The van der Waals surface area contributed by atoms with Crippen LogP contribution in [-0.2, 0) is 4.79 Å². The summed E-state index contributed by atoms with van der Waals surface area (Å²) in [6.45, 7) is 4.32. The standard InChI is InChI=1S/C37H71NO3/c1-3-5-7-9-11-13-15-16-17-18-19-20-21-23-25-27-29-31-33-37(41)38-35(34-39)36(40)32-30-28-26-24-22-14-12-10-8-6-4-2/h13,15,17-18,35-36,39-40H,3-12,14,16,19-34H2,1-2H3,(H,38,41)/b15-13-,18-17-. The molecule has 0 aliphatic rings. The summed E-state index contributed by atoms with van der Waals surface area (Å²) in [6, 6.07) is -0.536. The van der Waals surface area contributed by atoms with Crippen LogP contribution in [0.4, 0.5) is 0 Å². The quantitative estimate of drug-likeness (QED) is 0.0550. The number of carbonyl (C=O) groups is 1. The van der Waals surface area contributed by atoms with Gasteiger partial charge in [-0.3, -0.25) is 4.79 Å². The fourth-order valence-corrected chi connectivity index (χ4v) is 5.39. The Hall–Kier alpha value is -1.13. The second kappa shape index (κ2) is 33.4. The van der Waals surface area contributed by atoms with Crippen molar-refractivity contribution in [3.63, 3.8) is 0 Å². The van der Waals surface area contributed by atoms with E-state index in [2.05, 4.69) is 43.5 Å². The fraction of sp³-hybridized carbons (Fsp3) is 0.865. The lowest BCUT2D eigenvalue weighted by Gasteiger charge is -2.22. The van der Waals surface area contributed by atoms with Gasteiger partial charge in [-0.1, -0.05) is 160 Å². The molecular formula is C37H71NO3. The normalized spacial score (nSPS) is 13.4. The van der Waals surface area contributed by atoms with E-state index in [-0.39, 0.29) is 12.5 Å². The maximum Gasteiger partial charge on any atom is 0.220 e. The summed E-state index contributed by atoms with van der Waals surface area (Å²) in [5, 5.41) is 23.0. The summed E-state index contributed by atoms with van der Waals surface area (Å²) in [5.74, 6) is -0.0415. The number of hydrogen-bond donors (Lipinski definition) is 3. The minimum atomic E-state index is -0.658. The predicted molar refractivity (Wildman–Crippen MR) is 179 cm³/mol. The minimum Gasteiger partial charge on any atom is -0.394 e. The van der Waals surface area contributed by atoms with E-state index in [9.17, 15) is 15.0 Å². The van der Waals surface area contributed by atoms with E-state index in [1.807, 2.05) is 0 Å². The van der Waals surface area contributed by atoms with E-state index >= 15 is 0 Å². The molecule has 0 aromatic heterocycles. The SMILES string of the molecule is CCCCCC/C=C\C/C=C\CCCCCCCCCC(=O)NC(CO)C(O)CCCCCCCCCCCCC. The van der Waals surface area contributed by atoms with Gasteiger partial charge >= 0.3 is 0 Å². The second-order valence-electron chi connectivity index (χ2n) is 12.3. The van der Waals surface area contributed by atoms with E-state index in [0.29, 0.717) is 12.8 Å². The summed E-state index contributed by atoms with van der Waals surface area (Å²) < 4.78 is 0. The lowest BCUT2D eigenvalue weighted by molar-refractivity contribution is -0.123. The number of aliphatic hydroxyl groups is 2. The van der Waals surface area contributed by atoms with E-state index in [1.54, 1.807) is 0 Å². The van der Waals surface area contributed by atoms with E-state index in [0.717, 1.165) is 32.1 Å². The highest BCUT2D eigenvalue weighted by Gasteiger charge is 2.19. The van der Waals surface area contributed by atoms with Crippen LogP contribution in [0.1, 0.15) is 187 Å². The van der Waals surface area contributed by atoms with E-state index in [4.69, 9.17) is 0 Å². The Bertz CT molecular complexity index is 589. The molecule has 0 saturated heterocycles. The summed E-state index contributed by atoms with van der Waals surface area (Å²) in [4.78, 5) is 12.3. The van der Waals surface area contributed by atoms with Crippen LogP contribution in [-0.4, -0.2) is 34.9 Å². The van der Waals surface area contributed by atoms with Crippen molar-refractivity contribution in [3.8, 4) is 0 Å². The molecule has 0 saturated carbocycles. The minimum absolute atomic E-state index is 0.0415. The zero-order chi connectivity index (χ0) is 30.1. The van der Waals surface area contributed by atoms with Crippen molar-refractivity contribution < 1.29 is 15.0 Å². The third kappa shape index (κ3) is 30.1. The molecular weight excluding hydrogens is 506 g/mol. The Balaban J connectivity index is 3.58. The zero-order valence-electron chi connectivity index (χ0n) is 27.6. The molecule has 0 spiro atoms. The van der Waals surface area contributed by atoms with Crippen LogP contribution >= 0.6 is 0 Å². The van der Waals surface area contributed by atoms with Gasteiger partial charge in [0, 0.05) is 6.42 Å². The van der Waals surface area contributed by atoms with Crippen LogP contribution in [0.3, 0.4) is 0 Å². The second-order valence-corrected chi connectivity index (χ2v) is 12.3. The predicted octanol–water partition coefficient (Wildman–Crippen LogP) is 10.5. The molecule has 0 heterocycles. The molecule has 242 valence electrons. The smallest absolute Gasteiger partial charge is 0.220 e. The number of nitrogens with one attached hydrogen (secondary N) is 1. The average molecular weight is 578 g/mol. The molecule has 2 unspecified atom stereocenters. The number of carbonyl (C=O) groups excluding carboxylic acids is 1. The molecule has 0 aliphatic heterocycles. The largest absolute Gasteiger partial charge is 0.394 e. The summed E-state index contributed by atoms with van der Waals surface area (Å²) in [6.07, 6.45) is 40.8. The van der Waals surface area contributed by atoms with E-state index in [1.165, 1.54) is 128 Å². The van der Waals surface area contributed by atoms with Crippen molar-refractivity contribution in [1.82, 2.24) is 5.32 Å². The van der Waals surface area contributed by atoms with E-state index < -0.39 is 12.1 Å². The molecule has 4 heteroatoms. The van der Waals surface area contributed by atoms with Crippen molar-refractivity contribution in [3.05, 3.63) is 24.3 Å². The monoisotopic (exact) mass is 578 g/mol. The molecule has 1 amide bonds. The van der Waals surface area contributed by atoms with Gasteiger partial charge in [0.05, 0.1) is 18.8 Å². The molecule has 0 radical (unpaired) electrons. The van der Waals surface area contributed by atoms with Crippen molar-refractivity contribution in [1.29, 1.82) is 0 Å². The first-order chi connectivity index (χ1) is 20.2. The van der Waals surface area contributed by atoms with Crippen molar-refractivity contribution in [2.75, 3.05) is 6.61 Å². The fourth-order valence-electron chi connectivity index (χ4n) is 5.39. The topological polar surface area (TPSA) is 69.6 Å². The highest BCUT2D eigenvalue weighted by atomic mass is 16.3. The van der Waals surface area contributed by atoms with Gasteiger partial charge in [0.25, 0.3) is 0 Å². The Labute approximate surface area is 256 Å². The molecule has 0 rings (SSSR count). The molecule has 2 atom stereocenters. The van der Waals surface area contributed by atoms with Gasteiger partial charge in [0.1, 0.15) is 0 Å². The number of unbranched alkanes of at least 4 members (excludes halogenated alkanes) is 21. The van der Waals surface area contributed by atoms with Gasteiger partial charge in [0.2, 0.25) is 5.91 Å². The lowest BCUT2D eigenvalue weighted by Crippen LogP contribution is -2.45. The van der Waals surface area contributed by atoms with Gasteiger partial charge in [0.15, 0.2) is 0 Å². The maximum atomic E-state index is 12.3. The summed E-state index contributed by atoms with van der Waals surface area (Å²) >= 11 is 0. The third-order valence-corrected chi connectivity index (χ3v) is 8.22. The number of rotatable bonds is 32. The molecule has 0 aromatic carbocycles. The van der Waals surface area contributed by atoms with Crippen LogP contribution in [0.2, 0.25) is 0 Å². The molecule has 0 bridgehead atoms. The molecule has 41 heavy (non-hydrogen) atoms. The van der Waals surface area contributed by atoms with Crippen LogP contribution in [0.5, 0.6) is 0 Å². The van der Waals surface area contributed by atoms with Crippen LogP contribution < -0.4 is 5.32 Å². The van der Waals surface area contributed by atoms with Gasteiger partial charge in [-0.05, 0) is 44.9 Å². The first-order valence-electron chi connectivity index (χ1n) is 18.0. The summed E-state index contributed by atoms with van der Waals surface area (Å²) in [5.41, 5.74) is 0. The maximum absolute atomic E-state index is 12.3. The zero-order valence-corrected chi connectivity index (χ0v) is 27.6. The summed E-state index contributed by atoms with van der Waals surface area (Å²) in [7, 11) is 0. The van der Waals surface area contributed by atoms with Gasteiger partial charge in [-0.2, -0.15) is 0 Å². The molecule has 0 aliphatic carbocycles. The first kappa shape index (κ1) is 39.9. The number of amides is 1. The molecule has 0 aromatic rings. The average Bonchev–Trinajstić information content (AvgIpc) is 2.97. The highest BCUT2D eigenvalue weighted by molar-refractivity contribution is 5.76. The van der Waals surface area contributed by atoms with Crippen LogP contribution in [0, 0.1) is 0 Å². The first-order valence-corrected chi connectivity index (χ1v) is 18.0. The van der Waals surface area contributed by atoms with Gasteiger partial charge in [-0.15, -0.1) is 0 Å². The molecule has 3 N–H and O–H groups in total. The number of aliphatic hydroxyl groups excluding tert-OH is 2. The Morgan fingerprint density at radius 3 is 1.49 bits per heavy atom. The molecule has 4 nitrogen and oxygen atoms in total. The van der Waals surface area contributed by atoms with Gasteiger partial charge < -0.3 is 15.5 Å². The highest BCUT2D eigenvalue weighted by Crippen LogP contribution is 2.14. The molecule has 0 fully saturated rings. The van der Waals surface area contributed by atoms with Crippen molar-refractivity contribution in [2.45, 2.75) is 199 Å². The number of hydrogen-bond acceptors (Lipinski definition) is 3. The third-order valence-electron chi connectivity index (χ3n) is 8.22. The van der Waals surface area contributed by atoms with Gasteiger partial charge in [-0.25, -0.2) is 0 Å². The lowest BCUT2D eigenvalue weighted by atomic mass is 10.0. The van der Waals surface area contributed by atoms with Crippen molar-refractivity contribution >= 4 is 5.91 Å².